The molecule has 3 aliphatic heterocycles. The Morgan fingerprint density at radius 2 is 1.88 bits per heavy atom. The van der Waals surface area contributed by atoms with Crippen LogP contribution in [-0.2, 0) is 4.74 Å². The molecule has 0 fully saturated rings. The number of phenols is 1. The van der Waals surface area contributed by atoms with Gasteiger partial charge in [-0.25, -0.2) is 0 Å². The van der Waals surface area contributed by atoms with Gasteiger partial charge < -0.3 is 14.6 Å². The second-order valence-electron chi connectivity index (χ2n) is 7.74. The molecule has 25 heavy (non-hydrogen) atoms. The number of fused-ring (bicyclic) bond motifs is 3. The summed E-state index contributed by atoms with van der Waals surface area (Å²) in [4.78, 5) is 0. The molecule has 2 bridgehead atoms. The highest BCUT2D eigenvalue weighted by Crippen LogP contribution is 2.54. The van der Waals surface area contributed by atoms with Crippen LogP contribution in [0.4, 0.5) is 0 Å². The highest BCUT2D eigenvalue weighted by Gasteiger charge is 2.54. The Morgan fingerprint density at radius 1 is 1.08 bits per heavy atom. The third kappa shape index (κ3) is 2.62. The molecular weight excluding hydrogens is 312 g/mol. The van der Waals surface area contributed by atoms with Crippen molar-refractivity contribution in [1.82, 2.24) is 0 Å². The van der Waals surface area contributed by atoms with Gasteiger partial charge in [0.25, 0.3) is 0 Å². The van der Waals surface area contributed by atoms with Gasteiger partial charge in [0.1, 0.15) is 11.5 Å². The average molecular weight is 338 g/mol. The zero-order valence-corrected chi connectivity index (χ0v) is 15.4. The van der Waals surface area contributed by atoms with Crippen LogP contribution < -0.4 is 4.74 Å². The van der Waals surface area contributed by atoms with E-state index in [1.165, 1.54) is 11.1 Å². The van der Waals surface area contributed by atoms with Crippen LogP contribution in [0.1, 0.15) is 57.1 Å². The van der Waals surface area contributed by atoms with Gasteiger partial charge in [-0.1, -0.05) is 23.3 Å². The maximum absolute atomic E-state index is 10.2. The fraction of sp³-hybridized carbons (Fsp3) is 0.455. The van der Waals surface area contributed by atoms with Gasteiger partial charge in [-0.2, -0.15) is 0 Å². The summed E-state index contributed by atoms with van der Waals surface area (Å²) in [6.07, 6.45) is 9.81. The van der Waals surface area contributed by atoms with E-state index in [1.54, 1.807) is 0 Å². The maximum Gasteiger partial charge on any atom is 0.244 e. The van der Waals surface area contributed by atoms with Crippen molar-refractivity contribution in [2.75, 3.05) is 0 Å². The molecule has 0 radical (unpaired) electrons. The van der Waals surface area contributed by atoms with Crippen molar-refractivity contribution in [3.8, 4) is 11.5 Å². The van der Waals surface area contributed by atoms with Gasteiger partial charge in [-0.15, -0.1) is 0 Å². The molecule has 132 valence electrons. The molecule has 0 amide bonds. The number of allylic oxidation sites excluding steroid dienone is 2. The minimum absolute atomic E-state index is 0.0337. The number of aryl methyl sites for hydroxylation is 1. The number of phenolic OH excluding ortho intramolecular Hbond substituents is 1. The molecule has 3 heterocycles. The molecule has 3 atom stereocenters. The molecule has 3 nitrogen and oxygen atoms in total. The molecule has 0 unspecified atom stereocenters. The van der Waals surface area contributed by atoms with Crippen LogP contribution in [0.25, 0.3) is 0 Å². The van der Waals surface area contributed by atoms with E-state index in [4.69, 9.17) is 9.47 Å². The zero-order valence-electron chi connectivity index (χ0n) is 15.4. The summed E-state index contributed by atoms with van der Waals surface area (Å²) in [6, 6.07) is 3.78. The monoisotopic (exact) mass is 338 g/mol. The highest BCUT2D eigenvalue weighted by atomic mass is 16.7. The Balaban J connectivity index is 1.86. The number of benzene rings is 1. The van der Waals surface area contributed by atoms with Gasteiger partial charge in [0.2, 0.25) is 5.79 Å². The summed E-state index contributed by atoms with van der Waals surface area (Å²) in [5, 5.41) is 10.2. The lowest BCUT2D eigenvalue weighted by Crippen LogP contribution is -2.40. The van der Waals surface area contributed by atoms with Crippen molar-refractivity contribution >= 4 is 0 Å². The number of hydrogen-bond acceptors (Lipinski definition) is 3. The quantitative estimate of drug-likeness (QED) is 0.653. The molecule has 1 spiro atoms. The molecule has 1 aromatic rings. The Morgan fingerprint density at radius 3 is 2.68 bits per heavy atom. The maximum atomic E-state index is 10.2. The topological polar surface area (TPSA) is 38.7 Å². The minimum atomic E-state index is -0.779. The van der Waals surface area contributed by atoms with Crippen LogP contribution in [0, 0.1) is 6.92 Å². The number of hydrogen-bond donors (Lipinski definition) is 1. The highest BCUT2D eigenvalue weighted by molar-refractivity contribution is 5.55. The van der Waals surface area contributed by atoms with Gasteiger partial charge in [-0.05, 0) is 76.3 Å². The third-order valence-electron chi connectivity index (χ3n) is 5.65. The van der Waals surface area contributed by atoms with Crippen LogP contribution >= 0.6 is 0 Å². The Bertz CT molecular complexity index is 815. The fourth-order valence-corrected chi connectivity index (χ4v) is 4.23. The predicted molar refractivity (Wildman–Crippen MR) is 98.9 cm³/mol. The van der Waals surface area contributed by atoms with Crippen molar-refractivity contribution in [2.45, 2.75) is 64.8 Å². The molecule has 0 aliphatic carbocycles. The van der Waals surface area contributed by atoms with Crippen LogP contribution in [0.2, 0.25) is 0 Å². The van der Waals surface area contributed by atoms with Gasteiger partial charge in [0, 0.05) is 5.56 Å². The third-order valence-corrected chi connectivity index (χ3v) is 5.65. The lowest BCUT2D eigenvalue weighted by molar-refractivity contribution is -0.153. The van der Waals surface area contributed by atoms with E-state index >= 15 is 0 Å². The standard InChI is InChI=1S/C22H26O3/c1-13-6-5-7-14(2)9-19-18-12-20(23)15(3)10-21(18)25-22(19)16(4)11-17(8-13)24-22/h6,9-12,17,19,23H,5,7-8H2,1-4H3/b13-6+,14-9+/t17-,19-,22+/m1/s1. The van der Waals surface area contributed by atoms with E-state index in [0.717, 1.165) is 41.7 Å². The van der Waals surface area contributed by atoms with E-state index in [9.17, 15) is 5.11 Å². The first-order valence-electron chi connectivity index (χ1n) is 9.11. The SMILES string of the molecule is CC1=C[C@H]2C/C(C)=C/CC/C(C)=C/[C@@H]3c4cc(O)c(C)cc4O[C@@]13O2. The first-order chi connectivity index (χ1) is 11.9. The van der Waals surface area contributed by atoms with Crippen molar-refractivity contribution in [2.24, 2.45) is 0 Å². The second kappa shape index (κ2) is 5.77. The van der Waals surface area contributed by atoms with Crippen molar-refractivity contribution < 1.29 is 14.6 Å². The second-order valence-corrected chi connectivity index (χ2v) is 7.74. The molecule has 0 saturated heterocycles. The Kier molecular flexibility index (Phi) is 3.80. The van der Waals surface area contributed by atoms with E-state index in [0.29, 0.717) is 5.75 Å². The van der Waals surface area contributed by atoms with E-state index in [1.807, 2.05) is 19.1 Å². The van der Waals surface area contributed by atoms with Crippen LogP contribution in [0.15, 0.2) is 47.1 Å². The van der Waals surface area contributed by atoms with E-state index in [2.05, 4.69) is 39.0 Å². The molecule has 4 rings (SSSR count). The van der Waals surface area contributed by atoms with Crippen molar-refractivity contribution in [3.05, 3.63) is 58.2 Å². The first kappa shape index (κ1) is 16.5. The molecule has 3 aliphatic rings. The molecule has 0 aromatic heterocycles. The molecular formula is C22H26O3. The summed E-state index contributed by atoms with van der Waals surface area (Å²) in [5.74, 6) is 0.322. The smallest absolute Gasteiger partial charge is 0.244 e. The summed E-state index contributed by atoms with van der Waals surface area (Å²) in [5.41, 5.74) is 5.65. The normalized spacial score (nSPS) is 35.3. The van der Waals surface area contributed by atoms with Crippen LogP contribution in [0.3, 0.4) is 0 Å². The number of aromatic hydroxyl groups is 1. The van der Waals surface area contributed by atoms with Gasteiger partial charge >= 0.3 is 0 Å². The van der Waals surface area contributed by atoms with E-state index in [-0.39, 0.29) is 12.0 Å². The largest absolute Gasteiger partial charge is 0.508 e. The lowest BCUT2D eigenvalue weighted by Gasteiger charge is -2.31. The first-order valence-corrected chi connectivity index (χ1v) is 9.11. The zero-order chi connectivity index (χ0) is 17.8. The van der Waals surface area contributed by atoms with Crippen LogP contribution in [0.5, 0.6) is 11.5 Å². The summed E-state index contributed by atoms with van der Waals surface area (Å²) in [7, 11) is 0. The molecule has 1 aromatic carbocycles. The summed E-state index contributed by atoms with van der Waals surface area (Å²) >= 11 is 0. The fourth-order valence-electron chi connectivity index (χ4n) is 4.23. The number of rotatable bonds is 0. The number of ether oxygens (including phenoxy) is 2. The Labute approximate surface area is 149 Å². The molecule has 0 saturated carbocycles. The van der Waals surface area contributed by atoms with Gasteiger partial charge in [-0.3, -0.25) is 0 Å². The lowest BCUT2D eigenvalue weighted by atomic mass is 9.86. The van der Waals surface area contributed by atoms with Crippen LogP contribution in [-0.4, -0.2) is 17.0 Å². The Hall–Kier alpha value is -2.00. The van der Waals surface area contributed by atoms with Gasteiger partial charge in [0.05, 0.1) is 12.0 Å². The summed E-state index contributed by atoms with van der Waals surface area (Å²) < 4.78 is 12.9. The molecule has 3 heteroatoms. The molecule has 1 N–H and O–H groups in total. The van der Waals surface area contributed by atoms with Gasteiger partial charge in [0.15, 0.2) is 0 Å². The van der Waals surface area contributed by atoms with E-state index < -0.39 is 5.79 Å². The summed E-state index contributed by atoms with van der Waals surface area (Å²) in [6.45, 7) is 8.34. The minimum Gasteiger partial charge on any atom is -0.508 e. The predicted octanol–water partition coefficient (Wildman–Crippen LogP) is 5.29. The average Bonchev–Trinajstić information content (AvgIpc) is 2.97. The van der Waals surface area contributed by atoms with Crippen molar-refractivity contribution in [3.63, 3.8) is 0 Å². The van der Waals surface area contributed by atoms with Crippen molar-refractivity contribution in [1.29, 1.82) is 0 Å².